The summed E-state index contributed by atoms with van der Waals surface area (Å²) in [7, 11) is 1.98. The molecule has 0 bridgehead atoms. The largest absolute Gasteiger partial charge is 0.319 e. The molecule has 1 aromatic rings. The summed E-state index contributed by atoms with van der Waals surface area (Å²) in [6, 6.07) is 8.06. The van der Waals surface area contributed by atoms with E-state index in [1.807, 2.05) is 25.2 Å². The Bertz CT molecular complexity index is 294. The van der Waals surface area contributed by atoms with E-state index in [0.29, 0.717) is 0 Å². The monoisotopic (exact) mass is 211 g/mol. The molecule has 0 spiro atoms. The first kappa shape index (κ1) is 11.5. The summed E-state index contributed by atoms with van der Waals surface area (Å²) in [4.78, 5) is 0. The molecule has 2 heteroatoms. The van der Waals surface area contributed by atoms with E-state index in [-0.39, 0.29) is 5.41 Å². The van der Waals surface area contributed by atoms with Gasteiger partial charge in [-0.25, -0.2) is 0 Å². The number of rotatable bonds is 4. The fourth-order valence-electron chi connectivity index (χ4n) is 1.70. The van der Waals surface area contributed by atoms with E-state index in [2.05, 4.69) is 25.2 Å². The van der Waals surface area contributed by atoms with E-state index in [1.165, 1.54) is 5.56 Å². The Morgan fingerprint density at radius 1 is 1.29 bits per heavy atom. The average molecular weight is 212 g/mol. The fraction of sp³-hybridized carbons (Fsp3) is 0.500. The summed E-state index contributed by atoms with van der Waals surface area (Å²) >= 11 is 6.11. The predicted molar refractivity (Wildman–Crippen MR) is 62.9 cm³/mol. The van der Waals surface area contributed by atoms with E-state index in [0.717, 1.165) is 18.0 Å². The first-order chi connectivity index (χ1) is 6.55. The van der Waals surface area contributed by atoms with Gasteiger partial charge in [-0.2, -0.15) is 0 Å². The van der Waals surface area contributed by atoms with Crippen LogP contribution in [0.3, 0.4) is 0 Å². The van der Waals surface area contributed by atoms with Gasteiger partial charge >= 0.3 is 0 Å². The van der Waals surface area contributed by atoms with Crippen molar-refractivity contribution in [2.75, 3.05) is 13.6 Å². The zero-order valence-electron chi connectivity index (χ0n) is 9.10. The number of benzene rings is 1. The van der Waals surface area contributed by atoms with Crippen molar-refractivity contribution in [2.24, 2.45) is 5.41 Å². The Labute approximate surface area is 91.5 Å². The van der Waals surface area contributed by atoms with Gasteiger partial charge in [-0.05, 0) is 30.5 Å². The second-order valence-electron chi connectivity index (χ2n) is 4.46. The third-order valence-electron chi connectivity index (χ3n) is 2.28. The van der Waals surface area contributed by atoms with Gasteiger partial charge in [0.25, 0.3) is 0 Å². The Morgan fingerprint density at radius 2 is 1.93 bits per heavy atom. The lowest BCUT2D eigenvalue weighted by atomic mass is 9.86. The van der Waals surface area contributed by atoms with Gasteiger partial charge in [-0.3, -0.25) is 0 Å². The highest BCUT2D eigenvalue weighted by molar-refractivity contribution is 6.31. The summed E-state index contributed by atoms with van der Waals surface area (Å²) in [5.74, 6) is 0. The Kier molecular flexibility index (Phi) is 3.97. The van der Waals surface area contributed by atoms with Gasteiger partial charge in [-0.1, -0.05) is 43.6 Å². The Balaban J connectivity index is 2.73. The predicted octanol–water partition coefficient (Wildman–Crippen LogP) is 3.13. The first-order valence-corrected chi connectivity index (χ1v) is 5.31. The Morgan fingerprint density at radius 3 is 2.50 bits per heavy atom. The average Bonchev–Trinajstić information content (AvgIpc) is 2.08. The normalized spacial score (nSPS) is 11.7. The molecule has 14 heavy (non-hydrogen) atoms. The van der Waals surface area contributed by atoms with E-state index in [4.69, 9.17) is 11.6 Å². The topological polar surface area (TPSA) is 12.0 Å². The molecule has 1 aromatic carbocycles. The van der Waals surface area contributed by atoms with Crippen molar-refractivity contribution in [3.05, 3.63) is 34.9 Å². The van der Waals surface area contributed by atoms with Crippen LogP contribution in [0.15, 0.2) is 24.3 Å². The van der Waals surface area contributed by atoms with Crippen LogP contribution in [0.2, 0.25) is 5.02 Å². The first-order valence-electron chi connectivity index (χ1n) is 4.93. The molecule has 78 valence electrons. The van der Waals surface area contributed by atoms with Crippen molar-refractivity contribution in [3.63, 3.8) is 0 Å². The standard InChI is InChI=1S/C12H18ClN/c1-12(2,9-14-3)8-10-6-4-5-7-11(10)13/h4-7,14H,8-9H2,1-3H3. The molecule has 0 aromatic heterocycles. The molecule has 0 aliphatic heterocycles. The third-order valence-corrected chi connectivity index (χ3v) is 2.65. The molecule has 0 atom stereocenters. The van der Waals surface area contributed by atoms with E-state index < -0.39 is 0 Å². The van der Waals surface area contributed by atoms with Crippen molar-refractivity contribution in [1.82, 2.24) is 5.32 Å². The summed E-state index contributed by atoms with van der Waals surface area (Å²) in [5, 5.41) is 4.08. The summed E-state index contributed by atoms with van der Waals surface area (Å²) in [6.45, 7) is 5.48. The SMILES string of the molecule is CNCC(C)(C)Cc1ccccc1Cl. The molecule has 0 aliphatic rings. The molecule has 0 saturated carbocycles. The maximum absolute atomic E-state index is 6.11. The number of hydrogen-bond acceptors (Lipinski definition) is 1. The van der Waals surface area contributed by atoms with Gasteiger partial charge in [0.15, 0.2) is 0 Å². The highest BCUT2D eigenvalue weighted by Crippen LogP contribution is 2.25. The van der Waals surface area contributed by atoms with Crippen LogP contribution in [0, 0.1) is 5.41 Å². The number of halogens is 1. The van der Waals surface area contributed by atoms with E-state index in [9.17, 15) is 0 Å². The minimum absolute atomic E-state index is 0.250. The number of hydrogen-bond donors (Lipinski definition) is 1. The van der Waals surface area contributed by atoms with Gasteiger partial charge in [-0.15, -0.1) is 0 Å². The van der Waals surface area contributed by atoms with Crippen molar-refractivity contribution >= 4 is 11.6 Å². The molecule has 0 unspecified atom stereocenters. The van der Waals surface area contributed by atoms with Gasteiger partial charge in [0.2, 0.25) is 0 Å². The summed E-state index contributed by atoms with van der Waals surface area (Å²) in [6.07, 6.45) is 1.01. The van der Waals surface area contributed by atoms with Crippen molar-refractivity contribution in [2.45, 2.75) is 20.3 Å². The van der Waals surface area contributed by atoms with Crippen molar-refractivity contribution in [3.8, 4) is 0 Å². The summed E-state index contributed by atoms with van der Waals surface area (Å²) < 4.78 is 0. The smallest absolute Gasteiger partial charge is 0.0438 e. The van der Waals surface area contributed by atoms with Gasteiger partial charge in [0.1, 0.15) is 0 Å². The fourth-order valence-corrected chi connectivity index (χ4v) is 1.90. The Hall–Kier alpha value is -0.530. The van der Waals surface area contributed by atoms with Crippen LogP contribution in [0.25, 0.3) is 0 Å². The molecule has 0 radical (unpaired) electrons. The van der Waals surface area contributed by atoms with Crippen molar-refractivity contribution < 1.29 is 0 Å². The molecule has 0 saturated heterocycles. The zero-order chi connectivity index (χ0) is 10.6. The second-order valence-corrected chi connectivity index (χ2v) is 4.87. The molecule has 1 N–H and O–H groups in total. The molecule has 0 amide bonds. The molecule has 1 nitrogen and oxygen atoms in total. The highest BCUT2D eigenvalue weighted by Gasteiger charge is 2.18. The third kappa shape index (κ3) is 3.32. The van der Waals surface area contributed by atoms with Crippen LogP contribution < -0.4 is 5.32 Å². The maximum atomic E-state index is 6.11. The second kappa shape index (κ2) is 4.81. The van der Waals surface area contributed by atoms with Crippen LogP contribution in [-0.4, -0.2) is 13.6 Å². The van der Waals surface area contributed by atoms with Gasteiger partial charge in [0.05, 0.1) is 0 Å². The highest BCUT2D eigenvalue weighted by atomic mass is 35.5. The van der Waals surface area contributed by atoms with Gasteiger partial charge in [0, 0.05) is 11.6 Å². The van der Waals surface area contributed by atoms with Crippen LogP contribution in [0.4, 0.5) is 0 Å². The molecule has 0 aliphatic carbocycles. The molecule has 0 heterocycles. The van der Waals surface area contributed by atoms with E-state index >= 15 is 0 Å². The van der Waals surface area contributed by atoms with Crippen LogP contribution in [-0.2, 0) is 6.42 Å². The minimum atomic E-state index is 0.250. The summed E-state index contributed by atoms with van der Waals surface area (Å²) in [5.41, 5.74) is 1.48. The molecular weight excluding hydrogens is 194 g/mol. The lowest BCUT2D eigenvalue weighted by Crippen LogP contribution is -2.28. The van der Waals surface area contributed by atoms with Crippen LogP contribution in [0.1, 0.15) is 19.4 Å². The zero-order valence-corrected chi connectivity index (χ0v) is 9.86. The van der Waals surface area contributed by atoms with Gasteiger partial charge < -0.3 is 5.32 Å². The maximum Gasteiger partial charge on any atom is 0.0438 e. The lowest BCUT2D eigenvalue weighted by molar-refractivity contribution is 0.350. The minimum Gasteiger partial charge on any atom is -0.319 e. The lowest BCUT2D eigenvalue weighted by Gasteiger charge is -2.24. The molecular formula is C12H18ClN. The van der Waals surface area contributed by atoms with Crippen LogP contribution >= 0.6 is 11.6 Å². The number of nitrogens with one attached hydrogen (secondary N) is 1. The quantitative estimate of drug-likeness (QED) is 0.807. The van der Waals surface area contributed by atoms with E-state index in [1.54, 1.807) is 0 Å². The molecule has 1 rings (SSSR count). The van der Waals surface area contributed by atoms with Crippen molar-refractivity contribution in [1.29, 1.82) is 0 Å². The van der Waals surface area contributed by atoms with Crippen LogP contribution in [0.5, 0.6) is 0 Å². The molecule has 0 fully saturated rings.